The zero-order valence-electron chi connectivity index (χ0n) is 13.0. The topological polar surface area (TPSA) is 0 Å². The van der Waals surface area contributed by atoms with Crippen molar-refractivity contribution in [1.29, 1.82) is 0 Å². The predicted octanol–water partition coefficient (Wildman–Crippen LogP) is 6.64. The third kappa shape index (κ3) is 10.4. The van der Waals surface area contributed by atoms with Gasteiger partial charge < -0.3 is 0 Å². The van der Waals surface area contributed by atoms with Crippen molar-refractivity contribution in [1.82, 2.24) is 0 Å². The summed E-state index contributed by atoms with van der Waals surface area (Å²) < 4.78 is 5.03. The fourth-order valence-electron chi connectivity index (χ4n) is 2.78. The van der Waals surface area contributed by atoms with Crippen molar-refractivity contribution in [3.63, 3.8) is 0 Å². The van der Waals surface area contributed by atoms with Crippen LogP contribution in [0.5, 0.6) is 0 Å². The summed E-state index contributed by atoms with van der Waals surface area (Å²) >= 11 is -1.64. The second kappa shape index (κ2) is 11.9. The fraction of sp³-hybridized carbons (Fsp3) is 1.00. The maximum atomic E-state index is 2.76. The molecule has 0 saturated carbocycles. The van der Waals surface area contributed by atoms with Crippen LogP contribution in [-0.2, 0) is 0 Å². The molecule has 17 heavy (non-hydrogen) atoms. The molecule has 104 valence electrons. The summed E-state index contributed by atoms with van der Waals surface area (Å²) in [6.45, 7) is 7.00. The van der Waals surface area contributed by atoms with Gasteiger partial charge in [-0.3, -0.25) is 0 Å². The minimum absolute atomic E-state index is 1.39. The van der Waals surface area contributed by atoms with Crippen molar-refractivity contribution in [2.75, 3.05) is 0 Å². The molecule has 0 aromatic heterocycles. The van der Waals surface area contributed by atoms with Crippen molar-refractivity contribution >= 4 is 18.4 Å². The van der Waals surface area contributed by atoms with Gasteiger partial charge in [0.1, 0.15) is 0 Å². The van der Waals surface area contributed by atoms with E-state index in [0.29, 0.717) is 0 Å². The summed E-state index contributed by atoms with van der Waals surface area (Å²) in [6, 6.07) is 0. The fourth-order valence-corrected chi connectivity index (χ4v) is 14.4. The van der Waals surface area contributed by atoms with Gasteiger partial charge >= 0.3 is 115 Å². The van der Waals surface area contributed by atoms with Gasteiger partial charge in [0, 0.05) is 0 Å². The zero-order chi connectivity index (χ0) is 13.0. The van der Waals surface area contributed by atoms with Crippen LogP contribution in [0, 0.1) is 0 Å². The van der Waals surface area contributed by atoms with Crippen molar-refractivity contribution in [3.8, 4) is 0 Å². The molecule has 0 aliphatic carbocycles. The molecule has 0 amide bonds. The van der Waals surface area contributed by atoms with Crippen LogP contribution in [0.4, 0.5) is 0 Å². The summed E-state index contributed by atoms with van der Waals surface area (Å²) in [5.41, 5.74) is 0. The van der Waals surface area contributed by atoms with E-state index in [1.54, 1.807) is 32.6 Å². The SMILES string of the molecule is CCCC[CH2][Sn]([CH3])([CH2]CCCC)[CH2]CCCC. The number of hydrogen-bond acceptors (Lipinski definition) is 0. The monoisotopic (exact) mass is 348 g/mol. The zero-order valence-corrected chi connectivity index (χ0v) is 15.8. The molecule has 0 rings (SSSR count). The molecule has 0 aliphatic heterocycles. The summed E-state index contributed by atoms with van der Waals surface area (Å²) in [7, 11) is 0. The van der Waals surface area contributed by atoms with Gasteiger partial charge in [0.15, 0.2) is 0 Å². The molecule has 0 atom stereocenters. The molecule has 0 aromatic rings. The van der Waals surface area contributed by atoms with Gasteiger partial charge in [0.2, 0.25) is 0 Å². The van der Waals surface area contributed by atoms with E-state index < -0.39 is 18.4 Å². The van der Waals surface area contributed by atoms with Crippen molar-refractivity contribution in [3.05, 3.63) is 0 Å². The Labute approximate surface area is 115 Å². The van der Waals surface area contributed by atoms with Crippen LogP contribution in [-0.4, -0.2) is 18.4 Å². The van der Waals surface area contributed by atoms with E-state index in [1.165, 1.54) is 38.5 Å². The average molecular weight is 347 g/mol. The minimum atomic E-state index is -1.64. The predicted molar refractivity (Wildman–Crippen MR) is 84.6 cm³/mol. The maximum absolute atomic E-state index is 2.76. The van der Waals surface area contributed by atoms with Crippen molar-refractivity contribution in [2.24, 2.45) is 0 Å². The Balaban J connectivity index is 3.95. The van der Waals surface area contributed by atoms with Crippen LogP contribution in [0.25, 0.3) is 0 Å². The van der Waals surface area contributed by atoms with Gasteiger partial charge in [0.25, 0.3) is 0 Å². The third-order valence-electron chi connectivity index (χ3n) is 4.15. The van der Waals surface area contributed by atoms with E-state index in [9.17, 15) is 0 Å². The van der Waals surface area contributed by atoms with E-state index in [4.69, 9.17) is 0 Å². The molecule has 0 heterocycles. The van der Waals surface area contributed by atoms with Gasteiger partial charge in [-0.25, -0.2) is 0 Å². The van der Waals surface area contributed by atoms with E-state index >= 15 is 0 Å². The van der Waals surface area contributed by atoms with Crippen molar-refractivity contribution in [2.45, 2.75) is 96.8 Å². The summed E-state index contributed by atoms with van der Waals surface area (Å²) in [6.07, 6.45) is 13.3. The Bertz CT molecular complexity index is 127. The standard InChI is InChI=1S/3C5H11.CH3.Sn/c3*1-3-5-4-2;;/h3*1,3-5H2,2H3;1H3;. The molecule has 0 unspecified atom stereocenters. The van der Waals surface area contributed by atoms with E-state index in [-0.39, 0.29) is 0 Å². The normalized spacial score (nSPS) is 12.0. The molecule has 0 radical (unpaired) electrons. The average Bonchev–Trinajstić information content (AvgIpc) is 2.30. The second-order valence-corrected chi connectivity index (χ2v) is 20.8. The van der Waals surface area contributed by atoms with Gasteiger partial charge in [-0.2, -0.15) is 0 Å². The number of hydrogen-bond donors (Lipinski definition) is 0. The summed E-state index contributed by atoms with van der Waals surface area (Å²) in [5.74, 6) is 0. The summed E-state index contributed by atoms with van der Waals surface area (Å²) in [5, 5.41) is 0. The Morgan fingerprint density at radius 1 is 0.529 bits per heavy atom. The van der Waals surface area contributed by atoms with Gasteiger partial charge in [-0.05, 0) is 0 Å². The van der Waals surface area contributed by atoms with Crippen LogP contribution in [0.15, 0.2) is 0 Å². The number of unbranched alkanes of at least 4 members (excludes halogenated alkanes) is 6. The Hall–Kier alpha value is 0.799. The third-order valence-corrected chi connectivity index (χ3v) is 17.5. The second-order valence-electron chi connectivity index (χ2n) is 6.18. The molecule has 1 heteroatoms. The van der Waals surface area contributed by atoms with Crippen LogP contribution >= 0.6 is 0 Å². The quantitative estimate of drug-likeness (QED) is 0.274. The van der Waals surface area contributed by atoms with Gasteiger partial charge in [-0.1, -0.05) is 0 Å². The molecule has 0 aliphatic rings. The van der Waals surface area contributed by atoms with Gasteiger partial charge in [-0.15, -0.1) is 0 Å². The molecular weight excluding hydrogens is 311 g/mol. The first-order valence-corrected chi connectivity index (χ1v) is 17.1. The summed E-state index contributed by atoms with van der Waals surface area (Å²) in [4.78, 5) is 2.76. The first-order valence-electron chi connectivity index (χ1n) is 8.18. The Kier molecular flexibility index (Phi) is 12.4. The molecule has 0 bridgehead atoms. The Morgan fingerprint density at radius 3 is 1.06 bits per heavy atom. The first-order chi connectivity index (χ1) is 8.18. The molecule has 0 fully saturated rings. The molecular formula is C16H36Sn. The molecule has 0 N–H and O–H groups in total. The van der Waals surface area contributed by atoms with Crippen LogP contribution in [0.2, 0.25) is 18.2 Å². The molecule has 0 aromatic carbocycles. The number of rotatable bonds is 12. The van der Waals surface area contributed by atoms with E-state index in [0.717, 1.165) is 0 Å². The molecule has 0 nitrogen and oxygen atoms in total. The van der Waals surface area contributed by atoms with Crippen LogP contribution < -0.4 is 0 Å². The van der Waals surface area contributed by atoms with Crippen molar-refractivity contribution < 1.29 is 0 Å². The molecule has 0 spiro atoms. The van der Waals surface area contributed by atoms with E-state index in [2.05, 4.69) is 25.7 Å². The van der Waals surface area contributed by atoms with Crippen LogP contribution in [0.3, 0.4) is 0 Å². The van der Waals surface area contributed by atoms with E-state index in [1.807, 2.05) is 0 Å². The first kappa shape index (κ1) is 17.8. The Morgan fingerprint density at radius 2 is 0.824 bits per heavy atom. The van der Waals surface area contributed by atoms with Gasteiger partial charge in [0.05, 0.1) is 0 Å². The molecule has 0 saturated heterocycles. The van der Waals surface area contributed by atoms with Crippen LogP contribution in [0.1, 0.15) is 78.6 Å².